The molecule has 0 aliphatic rings. The minimum absolute atomic E-state index is 0.0683. The molecule has 0 radical (unpaired) electrons. The summed E-state index contributed by atoms with van der Waals surface area (Å²) in [6, 6.07) is 14.3. The summed E-state index contributed by atoms with van der Waals surface area (Å²) in [6.07, 6.45) is 3.10. The Morgan fingerprint density at radius 2 is 1.72 bits per heavy atom. The van der Waals surface area contributed by atoms with E-state index in [0.29, 0.717) is 17.9 Å². The first kappa shape index (κ1) is 22.1. The zero-order valence-corrected chi connectivity index (χ0v) is 17.5. The Balaban J connectivity index is 1.85. The summed E-state index contributed by atoms with van der Waals surface area (Å²) in [5, 5.41) is 8.50. The number of hydrogen-bond acceptors (Lipinski definition) is 4. The largest absolute Gasteiger partial charge is 0.494 e. The maximum absolute atomic E-state index is 12.0. The summed E-state index contributed by atoms with van der Waals surface area (Å²) in [7, 11) is 0. The van der Waals surface area contributed by atoms with Crippen molar-refractivity contribution in [1.29, 1.82) is 0 Å². The molecule has 2 amide bonds. The predicted molar refractivity (Wildman–Crippen MR) is 120 cm³/mol. The number of carbonyl (C=O) groups is 2. The van der Waals surface area contributed by atoms with Crippen molar-refractivity contribution in [2.24, 2.45) is 0 Å². The molecule has 6 nitrogen and oxygen atoms in total. The van der Waals surface area contributed by atoms with Gasteiger partial charge in [-0.15, -0.1) is 0 Å². The minimum Gasteiger partial charge on any atom is -0.494 e. The van der Waals surface area contributed by atoms with E-state index in [1.165, 1.54) is 6.08 Å². The van der Waals surface area contributed by atoms with E-state index < -0.39 is 0 Å². The quantitative estimate of drug-likeness (QED) is 0.478. The summed E-state index contributed by atoms with van der Waals surface area (Å²) in [5.74, 6) is 0.304. The van der Waals surface area contributed by atoms with Crippen molar-refractivity contribution < 1.29 is 14.3 Å². The molecule has 3 N–H and O–H groups in total. The second kappa shape index (κ2) is 11.0. The van der Waals surface area contributed by atoms with Crippen LogP contribution < -0.4 is 20.7 Å². The van der Waals surface area contributed by atoms with E-state index in [-0.39, 0.29) is 23.0 Å². The first-order valence-corrected chi connectivity index (χ1v) is 9.72. The van der Waals surface area contributed by atoms with E-state index >= 15 is 0 Å². The Hall–Kier alpha value is -3.19. The number of rotatable bonds is 7. The van der Waals surface area contributed by atoms with Gasteiger partial charge in [0.05, 0.1) is 6.61 Å². The first-order chi connectivity index (χ1) is 13.9. The molecule has 0 saturated heterocycles. The zero-order valence-electron chi connectivity index (χ0n) is 16.7. The van der Waals surface area contributed by atoms with Gasteiger partial charge in [-0.05, 0) is 81.0 Å². The SMILES string of the molecule is CCOc1ccc(/C=C/C(=O)NC(=S)Nc2ccc(C(=O)NC(C)C)cc2)cc1. The molecule has 0 heterocycles. The van der Waals surface area contributed by atoms with Crippen molar-refractivity contribution in [3.8, 4) is 5.75 Å². The third kappa shape index (κ3) is 7.75. The lowest BCUT2D eigenvalue weighted by molar-refractivity contribution is -0.115. The molecule has 7 heteroatoms. The number of carbonyl (C=O) groups excluding carboxylic acids is 2. The van der Waals surface area contributed by atoms with Gasteiger partial charge in [-0.3, -0.25) is 14.9 Å². The number of nitrogens with one attached hydrogen (secondary N) is 3. The van der Waals surface area contributed by atoms with Crippen LogP contribution in [0.2, 0.25) is 0 Å². The van der Waals surface area contributed by atoms with Crippen LogP contribution in [0.4, 0.5) is 5.69 Å². The molecule has 0 aliphatic carbocycles. The van der Waals surface area contributed by atoms with Gasteiger partial charge in [0.1, 0.15) is 5.75 Å². The highest BCUT2D eigenvalue weighted by Crippen LogP contribution is 2.13. The zero-order chi connectivity index (χ0) is 21.2. The van der Waals surface area contributed by atoms with Gasteiger partial charge in [0.25, 0.3) is 5.91 Å². The second-order valence-corrected chi connectivity index (χ2v) is 6.89. The molecular formula is C22H25N3O3S. The van der Waals surface area contributed by atoms with Crippen molar-refractivity contribution in [2.75, 3.05) is 11.9 Å². The lowest BCUT2D eigenvalue weighted by Gasteiger charge is -2.10. The highest BCUT2D eigenvalue weighted by molar-refractivity contribution is 7.80. The van der Waals surface area contributed by atoms with Gasteiger partial charge in [-0.2, -0.15) is 0 Å². The fraction of sp³-hybridized carbons (Fsp3) is 0.227. The molecule has 2 aromatic carbocycles. The fourth-order valence-corrected chi connectivity index (χ4v) is 2.60. The van der Waals surface area contributed by atoms with Crippen LogP contribution in [0.5, 0.6) is 5.75 Å². The highest BCUT2D eigenvalue weighted by Gasteiger charge is 2.07. The molecule has 0 aromatic heterocycles. The van der Waals surface area contributed by atoms with Gasteiger partial charge in [-0.25, -0.2) is 0 Å². The number of benzene rings is 2. The molecule has 0 fully saturated rings. The maximum atomic E-state index is 12.0. The van der Waals surface area contributed by atoms with Gasteiger partial charge >= 0.3 is 0 Å². The molecule has 0 bridgehead atoms. The molecule has 29 heavy (non-hydrogen) atoms. The molecule has 0 unspecified atom stereocenters. The van der Waals surface area contributed by atoms with Crippen LogP contribution in [-0.4, -0.2) is 29.6 Å². The van der Waals surface area contributed by atoms with Crippen LogP contribution in [-0.2, 0) is 4.79 Å². The number of thiocarbonyl (C=S) groups is 1. The fourth-order valence-electron chi connectivity index (χ4n) is 2.38. The van der Waals surface area contributed by atoms with Crippen LogP contribution in [0.1, 0.15) is 36.7 Å². The number of hydrogen-bond donors (Lipinski definition) is 3. The monoisotopic (exact) mass is 411 g/mol. The summed E-state index contributed by atoms with van der Waals surface area (Å²) >= 11 is 5.16. The van der Waals surface area contributed by atoms with E-state index in [9.17, 15) is 9.59 Å². The number of amides is 2. The normalized spacial score (nSPS) is 10.6. The molecule has 0 atom stereocenters. The van der Waals surface area contributed by atoms with Crippen LogP contribution in [0.15, 0.2) is 54.6 Å². The second-order valence-electron chi connectivity index (χ2n) is 6.48. The lowest BCUT2D eigenvalue weighted by Crippen LogP contribution is -2.33. The average molecular weight is 412 g/mol. The van der Waals surface area contributed by atoms with Crippen LogP contribution >= 0.6 is 12.2 Å². The Labute approximate surface area is 176 Å². The smallest absolute Gasteiger partial charge is 0.251 e. The molecule has 0 saturated carbocycles. The maximum Gasteiger partial charge on any atom is 0.251 e. The molecule has 152 valence electrons. The summed E-state index contributed by atoms with van der Waals surface area (Å²) in [6.45, 7) is 6.33. The Morgan fingerprint density at radius 1 is 1.07 bits per heavy atom. The average Bonchev–Trinajstić information content (AvgIpc) is 2.67. The van der Waals surface area contributed by atoms with E-state index in [1.54, 1.807) is 30.3 Å². The van der Waals surface area contributed by atoms with Crippen molar-refractivity contribution in [3.63, 3.8) is 0 Å². The third-order valence-electron chi connectivity index (χ3n) is 3.68. The van der Waals surface area contributed by atoms with E-state index in [4.69, 9.17) is 17.0 Å². The van der Waals surface area contributed by atoms with Crippen LogP contribution in [0, 0.1) is 0 Å². The molecule has 2 aromatic rings. The minimum atomic E-state index is -0.343. The molecular weight excluding hydrogens is 386 g/mol. The third-order valence-corrected chi connectivity index (χ3v) is 3.88. The van der Waals surface area contributed by atoms with Gasteiger partial charge < -0.3 is 15.4 Å². The highest BCUT2D eigenvalue weighted by atomic mass is 32.1. The van der Waals surface area contributed by atoms with Gasteiger partial charge in [0.15, 0.2) is 5.11 Å². The van der Waals surface area contributed by atoms with Crippen LogP contribution in [0.25, 0.3) is 6.08 Å². The van der Waals surface area contributed by atoms with Crippen molar-refractivity contribution in [2.45, 2.75) is 26.8 Å². The topological polar surface area (TPSA) is 79.5 Å². The lowest BCUT2D eigenvalue weighted by atomic mass is 10.2. The molecule has 0 aliphatic heterocycles. The Kier molecular flexibility index (Phi) is 8.36. The van der Waals surface area contributed by atoms with E-state index in [1.807, 2.05) is 45.0 Å². The summed E-state index contributed by atoms with van der Waals surface area (Å²) in [4.78, 5) is 24.0. The Morgan fingerprint density at radius 3 is 2.31 bits per heavy atom. The number of anilines is 1. The Bertz CT molecular complexity index is 875. The van der Waals surface area contributed by atoms with Gasteiger partial charge in [0, 0.05) is 23.4 Å². The van der Waals surface area contributed by atoms with Crippen molar-refractivity contribution in [1.82, 2.24) is 10.6 Å². The van der Waals surface area contributed by atoms with Crippen molar-refractivity contribution >= 4 is 40.9 Å². The number of ether oxygens (including phenoxy) is 1. The predicted octanol–water partition coefficient (Wildman–Crippen LogP) is 3.75. The summed E-state index contributed by atoms with van der Waals surface area (Å²) < 4.78 is 5.38. The van der Waals surface area contributed by atoms with Crippen molar-refractivity contribution in [3.05, 3.63) is 65.7 Å². The standard InChI is InChI=1S/C22H25N3O3S/c1-4-28-19-12-5-16(6-13-19)7-14-20(26)25-22(29)24-18-10-8-17(9-11-18)21(27)23-15(2)3/h5-15H,4H2,1-3H3,(H,23,27)(H2,24,25,26,29)/b14-7+. The molecule has 2 rings (SSSR count). The van der Waals surface area contributed by atoms with Gasteiger partial charge in [-0.1, -0.05) is 12.1 Å². The first-order valence-electron chi connectivity index (χ1n) is 9.31. The van der Waals surface area contributed by atoms with Crippen LogP contribution in [0.3, 0.4) is 0 Å². The van der Waals surface area contributed by atoms with E-state index in [2.05, 4.69) is 16.0 Å². The van der Waals surface area contributed by atoms with Gasteiger partial charge in [0.2, 0.25) is 5.91 Å². The summed E-state index contributed by atoms with van der Waals surface area (Å²) in [5.41, 5.74) is 2.10. The molecule has 0 spiro atoms. The van der Waals surface area contributed by atoms with E-state index in [0.717, 1.165) is 11.3 Å².